The molecule has 9 heteroatoms. The normalized spacial score (nSPS) is 10.6. The standard InChI is InChI=1S/2C8H8O3S.Ca/c2*1-2-7-4-3-5-8(6-7)12(9,10)11;/h2*2-6H,1H2,(H,9,10,11);/q;;+2/p-2. The van der Waals surface area contributed by atoms with E-state index in [4.69, 9.17) is 0 Å². The maximum Gasteiger partial charge on any atom is 2.00 e. The van der Waals surface area contributed by atoms with Gasteiger partial charge in [-0.2, -0.15) is 0 Å². The monoisotopic (exact) mass is 406 g/mol. The van der Waals surface area contributed by atoms with Crippen molar-refractivity contribution in [3.05, 3.63) is 72.8 Å². The fourth-order valence-electron chi connectivity index (χ4n) is 1.59. The molecule has 2 rings (SSSR count). The predicted molar refractivity (Wildman–Crippen MR) is 94.7 cm³/mol. The van der Waals surface area contributed by atoms with Crippen LogP contribution in [0.5, 0.6) is 0 Å². The molecule has 0 fully saturated rings. The molecule has 0 unspecified atom stereocenters. The Bertz CT molecular complexity index is 871. The van der Waals surface area contributed by atoms with Gasteiger partial charge in [0.25, 0.3) is 0 Å². The molecule has 0 bridgehead atoms. The Morgan fingerprint density at radius 2 is 1.04 bits per heavy atom. The maximum atomic E-state index is 10.5. The Labute approximate surface area is 177 Å². The van der Waals surface area contributed by atoms with Crippen molar-refractivity contribution in [3.8, 4) is 0 Å². The summed E-state index contributed by atoms with van der Waals surface area (Å²) in [6, 6.07) is 11.4. The van der Waals surface area contributed by atoms with Gasteiger partial charge in [0, 0.05) is 0 Å². The molecule has 0 N–H and O–H groups in total. The summed E-state index contributed by atoms with van der Waals surface area (Å²) >= 11 is 0. The van der Waals surface area contributed by atoms with Crippen LogP contribution in [0.1, 0.15) is 11.1 Å². The van der Waals surface area contributed by atoms with Gasteiger partial charge in [0.15, 0.2) is 0 Å². The van der Waals surface area contributed by atoms with E-state index in [1.54, 1.807) is 12.1 Å². The first kappa shape index (κ1) is 24.0. The number of benzene rings is 2. The summed E-state index contributed by atoms with van der Waals surface area (Å²) in [5, 5.41) is 0. The molecule has 0 heterocycles. The summed E-state index contributed by atoms with van der Waals surface area (Å²) in [6.45, 7) is 6.91. The van der Waals surface area contributed by atoms with Crippen molar-refractivity contribution < 1.29 is 25.9 Å². The van der Waals surface area contributed by atoms with E-state index in [1.807, 2.05) is 0 Å². The molecule has 2 aromatic carbocycles. The first-order valence-corrected chi connectivity index (χ1v) is 9.26. The number of rotatable bonds is 4. The Morgan fingerprint density at radius 3 is 1.28 bits per heavy atom. The van der Waals surface area contributed by atoms with Gasteiger partial charge in [-0.1, -0.05) is 49.6 Å². The molecule has 0 saturated carbocycles. The van der Waals surface area contributed by atoms with E-state index in [1.165, 1.54) is 48.6 Å². The van der Waals surface area contributed by atoms with Crippen molar-refractivity contribution in [1.82, 2.24) is 0 Å². The van der Waals surface area contributed by atoms with Crippen LogP contribution >= 0.6 is 0 Å². The summed E-state index contributed by atoms with van der Waals surface area (Å²) in [6.07, 6.45) is 2.96. The Morgan fingerprint density at radius 1 is 0.720 bits per heavy atom. The van der Waals surface area contributed by atoms with Crippen LogP contribution in [-0.4, -0.2) is 63.7 Å². The summed E-state index contributed by atoms with van der Waals surface area (Å²) in [5.41, 5.74) is 1.24. The molecule has 0 aromatic heterocycles. The zero-order valence-electron chi connectivity index (χ0n) is 13.2. The largest absolute Gasteiger partial charge is 2.00 e. The van der Waals surface area contributed by atoms with Gasteiger partial charge in [0.2, 0.25) is 0 Å². The van der Waals surface area contributed by atoms with E-state index in [0.717, 1.165) is 0 Å². The molecule has 0 atom stereocenters. The molecule has 0 aliphatic rings. The fourth-order valence-corrected chi connectivity index (χ4v) is 2.65. The van der Waals surface area contributed by atoms with Gasteiger partial charge in [0.1, 0.15) is 20.2 Å². The second kappa shape index (κ2) is 10.2. The van der Waals surface area contributed by atoms with Crippen molar-refractivity contribution in [2.45, 2.75) is 9.79 Å². The second-order valence-corrected chi connectivity index (χ2v) is 7.22. The first-order valence-electron chi connectivity index (χ1n) is 6.44. The number of hydrogen-bond acceptors (Lipinski definition) is 6. The summed E-state index contributed by atoms with van der Waals surface area (Å²) in [4.78, 5) is -0.445. The van der Waals surface area contributed by atoms with Crippen molar-refractivity contribution in [2.75, 3.05) is 0 Å². The molecule has 0 amide bonds. The summed E-state index contributed by atoms with van der Waals surface area (Å²) in [7, 11) is -8.67. The molecule has 0 radical (unpaired) electrons. The van der Waals surface area contributed by atoms with E-state index in [2.05, 4.69) is 13.2 Å². The summed E-state index contributed by atoms with van der Waals surface area (Å²) in [5.74, 6) is 0. The third-order valence-electron chi connectivity index (χ3n) is 2.76. The van der Waals surface area contributed by atoms with Crippen molar-refractivity contribution >= 4 is 70.1 Å². The van der Waals surface area contributed by atoms with Gasteiger partial charge < -0.3 is 9.11 Å². The fraction of sp³-hybridized carbons (Fsp3) is 0. The first-order chi connectivity index (χ1) is 11.1. The van der Waals surface area contributed by atoms with Gasteiger partial charge in [-0.25, -0.2) is 16.8 Å². The van der Waals surface area contributed by atoms with E-state index < -0.39 is 20.2 Å². The van der Waals surface area contributed by atoms with E-state index in [-0.39, 0.29) is 47.5 Å². The SMILES string of the molecule is C=Cc1cccc(S(=O)(=O)[O-])c1.C=Cc1cccc(S(=O)(=O)[O-])c1.[Ca+2]. The molecule has 2 aromatic rings. The van der Waals surface area contributed by atoms with Crippen LogP contribution in [0.15, 0.2) is 71.5 Å². The molecule has 25 heavy (non-hydrogen) atoms. The molecule has 0 aliphatic heterocycles. The summed E-state index contributed by atoms with van der Waals surface area (Å²) < 4.78 is 63.1. The van der Waals surface area contributed by atoms with Crippen LogP contribution in [0, 0.1) is 0 Å². The molecule has 0 spiro atoms. The van der Waals surface area contributed by atoms with E-state index in [9.17, 15) is 25.9 Å². The molecular formula is C16H14CaO6S2. The van der Waals surface area contributed by atoms with Gasteiger partial charge >= 0.3 is 37.7 Å². The third kappa shape index (κ3) is 8.28. The van der Waals surface area contributed by atoms with Gasteiger partial charge in [-0.05, 0) is 35.4 Å². The van der Waals surface area contributed by atoms with E-state index >= 15 is 0 Å². The average molecular weight is 406 g/mol. The molecular weight excluding hydrogens is 392 g/mol. The zero-order valence-corrected chi connectivity index (χ0v) is 17.0. The number of hydrogen-bond donors (Lipinski definition) is 0. The molecule has 0 saturated heterocycles. The van der Waals surface area contributed by atoms with Crippen LogP contribution in [-0.2, 0) is 20.2 Å². The Hall–Kier alpha value is -1.00. The zero-order chi connectivity index (χ0) is 18.4. The molecule has 0 aliphatic carbocycles. The minimum absolute atomic E-state index is 0. The smallest absolute Gasteiger partial charge is 0.744 e. The van der Waals surface area contributed by atoms with Crippen LogP contribution in [0.2, 0.25) is 0 Å². The van der Waals surface area contributed by atoms with Gasteiger partial charge in [-0.15, -0.1) is 0 Å². The maximum absolute atomic E-state index is 10.5. The van der Waals surface area contributed by atoms with Crippen molar-refractivity contribution in [1.29, 1.82) is 0 Å². The minimum Gasteiger partial charge on any atom is -0.744 e. The van der Waals surface area contributed by atoms with Crippen LogP contribution in [0.4, 0.5) is 0 Å². The topological polar surface area (TPSA) is 114 Å². The molecule has 6 nitrogen and oxygen atoms in total. The van der Waals surface area contributed by atoms with Crippen LogP contribution < -0.4 is 0 Å². The van der Waals surface area contributed by atoms with Crippen LogP contribution in [0.3, 0.4) is 0 Å². The average Bonchev–Trinajstić information content (AvgIpc) is 2.54. The van der Waals surface area contributed by atoms with E-state index in [0.29, 0.717) is 11.1 Å². The van der Waals surface area contributed by atoms with Gasteiger partial charge in [0.05, 0.1) is 9.79 Å². The minimum atomic E-state index is -4.33. The van der Waals surface area contributed by atoms with Crippen molar-refractivity contribution in [3.63, 3.8) is 0 Å². The van der Waals surface area contributed by atoms with Crippen LogP contribution in [0.25, 0.3) is 12.2 Å². The van der Waals surface area contributed by atoms with Gasteiger partial charge in [-0.3, -0.25) is 0 Å². The molecule has 128 valence electrons. The second-order valence-electron chi connectivity index (χ2n) is 4.46. The Balaban J connectivity index is 0.000000443. The third-order valence-corrected chi connectivity index (χ3v) is 4.43. The van der Waals surface area contributed by atoms with Crippen molar-refractivity contribution in [2.24, 2.45) is 0 Å². The predicted octanol–water partition coefficient (Wildman–Crippen LogP) is 2.09. The Kier molecular flexibility index (Phi) is 9.81. The quantitative estimate of drug-likeness (QED) is 0.567.